The van der Waals surface area contributed by atoms with Crippen LogP contribution in [0.4, 0.5) is 0 Å². The van der Waals surface area contributed by atoms with Crippen molar-refractivity contribution in [3.8, 4) is 0 Å². The van der Waals surface area contributed by atoms with Crippen molar-refractivity contribution >= 4 is 12.6 Å². The van der Waals surface area contributed by atoms with E-state index in [9.17, 15) is 0 Å². The predicted molar refractivity (Wildman–Crippen MR) is 66.9 cm³/mol. The summed E-state index contributed by atoms with van der Waals surface area (Å²) in [6, 6.07) is 8.30. The SMILES string of the molecule is Cc1ccc(B2OC(C)(C)C(C)(C)O2)cc1. The minimum absolute atomic E-state index is 0.245. The van der Waals surface area contributed by atoms with Gasteiger partial charge < -0.3 is 9.31 Å². The van der Waals surface area contributed by atoms with E-state index in [1.807, 2.05) is 0 Å². The van der Waals surface area contributed by atoms with Crippen LogP contribution in [0.5, 0.6) is 0 Å². The summed E-state index contributed by atoms with van der Waals surface area (Å²) in [5, 5.41) is 0. The van der Waals surface area contributed by atoms with Gasteiger partial charge in [-0.3, -0.25) is 0 Å². The van der Waals surface area contributed by atoms with E-state index < -0.39 is 0 Å². The van der Waals surface area contributed by atoms with Crippen molar-refractivity contribution < 1.29 is 9.31 Å². The van der Waals surface area contributed by atoms with Gasteiger partial charge >= 0.3 is 7.12 Å². The Kier molecular flexibility index (Phi) is 2.63. The highest BCUT2D eigenvalue weighted by atomic mass is 16.7. The average molecular weight is 218 g/mol. The topological polar surface area (TPSA) is 18.5 Å². The van der Waals surface area contributed by atoms with Gasteiger partial charge in [0.2, 0.25) is 0 Å². The fourth-order valence-corrected chi connectivity index (χ4v) is 1.70. The van der Waals surface area contributed by atoms with E-state index in [1.165, 1.54) is 5.56 Å². The fraction of sp³-hybridized carbons (Fsp3) is 0.538. The summed E-state index contributed by atoms with van der Waals surface area (Å²) in [4.78, 5) is 0. The van der Waals surface area contributed by atoms with Crippen molar-refractivity contribution in [3.05, 3.63) is 29.8 Å². The molecule has 0 aromatic heterocycles. The molecule has 1 heterocycles. The van der Waals surface area contributed by atoms with Gasteiger partial charge in [-0.05, 0) is 40.1 Å². The van der Waals surface area contributed by atoms with Crippen LogP contribution in [0, 0.1) is 6.92 Å². The van der Waals surface area contributed by atoms with E-state index in [4.69, 9.17) is 9.31 Å². The number of hydrogen-bond donors (Lipinski definition) is 0. The van der Waals surface area contributed by atoms with Gasteiger partial charge in [0.05, 0.1) is 11.2 Å². The summed E-state index contributed by atoms with van der Waals surface area (Å²) in [6.07, 6.45) is 0. The molecule has 0 atom stereocenters. The first-order chi connectivity index (χ1) is 7.32. The molecule has 0 radical (unpaired) electrons. The Morgan fingerprint density at radius 3 is 1.75 bits per heavy atom. The van der Waals surface area contributed by atoms with Gasteiger partial charge in [0, 0.05) is 0 Å². The summed E-state index contributed by atoms with van der Waals surface area (Å²) in [5.41, 5.74) is 1.81. The van der Waals surface area contributed by atoms with Crippen molar-refractivity contribution in [2.24, 2.45) is 0 Å². The van der Waals surface area contributed by atoms with Crippen LogP contribution in [0.25, 0.3) is 0 Å². The molecule has 1 fully saturated rings. The lowest BCUT2D eigenvalue weighted by molar-refractivity contribution is 0.00578. The Morgan fingerprint density at radius 2 is 1.31 bits per heavy atom. The van der Waals surface area contributed by atoms with E-state index >= 15 is 0 Å². The number of hydrogen-bond acceptors (Lipinski definition) is 2. The maximum atomic E-state index is 5.97. The molecule has 0 N–H and O–H groups in total. The Balaban J connectivity index is 2.23. The summed E-state index contributed by atoms with van der Waals surface area (Å²) in [5.74, 6) is 0. The molecule has 1 aromatic rings. The van der Waals surface area contributed by atoms with E-state index in [2.05, 4.69) is 58.9 Å². The first-order valence-electron chi connectivity index (χ1n) is 5.74. The van der Waals surface area contributed by atoms with Crippen molar-refractivity contribution in [3.63, 3.8) is 0 Å². The van der Waals surface area contributed by atoms with Crippen LogP contribution in [0.3, 0.4) is 0 Å². The van der Waals surface area contributed by atoms with Crippen molar-refractivity contribution in [1.82, 2.24) is 0 Å². The summed E-state index contributed by atoms with van der Waals surface area (Å²) in [7, 11) is -0.245. The molecule has 2 nitrogen and oxygen atoms in total. The largest absolute Gasteiger partial charge is 0.494 e. The van der Waals surface area contributed by atoms with Gasteiger partial charge in [-0.1, -0.05) is 29.8 Å². The molecule has 2 rings (SSSR count). The highest BCUT2D eigenvalue weighted by Gasteiger charge is 2.51. The summed E-state index contributed by atoms with van der Waals surface area (Å²) < 4.78 is 11.9. The second kappa shape index (κ2) is 3.61. The first kappa shape index (κ1) is 11.7. The van der Waals surface area contributed by atoms with Gasteiger partial charge in [0.1, 0.15) is 0 Å². The lowest BCUT2D eigenvalue weighted by atomic mass is 9.79. The zero-order valence-electron chi connectivity index (χ0n) is 10.7. The zero-order valence-corrected chi connectivity index (χ0v) is 10.7. The molecular formula is C13H19BO2. The van der Waals surface area contributed by atoms with Gasteiger partial charge in [-0.25, -0.2) is 0 Å². The lowest BCUT2D eigenvalue weighted by Crippen LogP contribution is -2.41. The Morgan fingerprint density at radius 1 is 0.875 bits per heavy atom. The van der Waals surface area contributed by atoms with Gasteiger partial charge in [-0.15, -0.1) is 0 Å². The molecule has 3 heteroatoms. The molecule has 1 aliphatic heterocycles. The third-order valence-corrected chi connectivity index (χ3v) is 3.60. The van der Waals surface area contributed by atoms with Crippen molar-refractivity contribution in [2.75, 3.05) is 0 Å². The molecular weight excluding hydrogens is 199 g/mol. The smallest absolute Gasteiger partial charge is 0.399 e. The summed E-state index contributed by atoms with van der Waals surface area (Å²) >= 11 is 0. The lowest BCUT2D eigenvalue weighted by Gasteiger charge is -2.32. The highest BCUT2D eigenvalue weighted by molar-refractivity contribution is 6.62. The van der Waals surface area contributed by atoms with E-state index in [-0.39, 0.29) is 18.3 Å². The molecule has 86 valence electrons. The van der Waals surface area contributed by atoms with Gasteiger partial charge in [0.15, 0.2) is 0 Å². The highest BCUT2D eigenvalue weighted by Crippen LogP contribution is 2.36. The molecule has 0 bridgehead atoms. The van der Waals surface area contributed by atoms with Gasteiger partial charge in [-0.2, -0.15) is 0 Å². The van der Waals surface area contributed by atoms with Crippen LogP contribution >= 0.6 is 0 Å². The molecule has 0 spiro atoms. The normalized spacial score (nSPS) is 22.4. The molecule has 0 unspecified atom stereocenters. The minimum atomic E-state index is -0.261. The number of benzene rings is 1. The standard InChI is InChI=1S/C13H19BO2/c1-10-6-8-11(9-7-10)14-15-12(2,3)13(4,5)16-14/h6-9H,1-5H3. The number of rotatable bonds is 1. The van der Waals surface area contributed by atoms with E-state index in [0.29, 0.717) is 0 Å². The van der Waals surface area contributed by atoms with Crippen molar-refractivity contribution in [2.45, 2.75) is 45.8 Å². The molecule has 0 aliphatic carbocycles. The van der Waals surface area contributed by atoms with Crippen LogP contribution in [0.1, 0.15) is 33.3 Å². The molecule has 16 heavy (non-hydrogen) atoms. The first-order valence-corrected chi connectivity index (χ1v) is 5.74. The maximum Gasteiger partial charge on any atom is 0.494 e. The second-order valence-corrected chi connectivity index (χ2v) is 5.50. The predicted octanol–water partition coefficient (Wildman–Crippen LogP) is 2.29. The van der Waals surface area contributed by atoms with Crippen LogP contribution in [0.15, 0.2) is 24.3 Å². The van der Waals surface area contributed by atoms with Crippen LogP contribution in [-0.4, -0.2) is 18.3 Å². The minimum Gasteiger partial charge on any atom is -0.399 e. The maximum absolute atomic E-state index is 5.97. The third-order valence-electron chi connectivity index (χ3n) is 3.60. The molecule has 1 aliphatic rings. The Hall–Kier alpha value is -0.795. The average Bonchev–Trinajstić information content (AvgIpc) is 2.37. The second-order valence-electron chi connectivity index (χ2n) is 5.50. The zero-order chi connectivity index (χ0) is 12.0. The molecule has 1 saturated heterocycles. The van der Waals surface area contributed by atoms with Crippen LogP contribution in [-0.2, 0) is 9.31 Å². The molecule has 0 saturated carbocycles. The van der Waals surface area contributed by atoms with Crippen LogP contribution < -0.4 is 5.46 Å². The van der Waals surface area contributed by atoms with Crippen LogP contribution in [0.2, 0.25) is 0 Å². The summed E-state index contributed by atoms with van der Waals surface area (Å²) in [6.45, 7) is 10.4. The Bertz CT molecular complexity index is 365. The molecule has 1 aromatic carbocycles. The molecule has 0 amide bonds. The fourth-order valence-electron chi connectivity index (χ4n) is 1.70. The third kappa shape index (κ3) is 1.90. The van der Waals surface area contributed by atoms with E-state index in [1.54, 1.807) is 0 Å². The quantitative estimate of drug-likeness (QED) is 0.673. The monoisotopic (exact) mass is 218 g/mol. The van der Waals surface area contributed by atoms with E-state index in [0.717, 1.165) is 5.46 Å². The number of aryl methyl sites for hydroxylation is 1. The van der Waals surface area contributed by atoms with Crippen molar-refractivity contribution in [1.29, 1.82) is 0 Å². The Labute approximate surface area is 98.1 Å². The van der Waals surface area contributed by atoms with Gasteiger partial charge in [0.25, 0.3) is 0 Å².